The fraction of sp³-hybridized carbons (Fsp3) is 0.429. The first-order valence-corrected chi connectivity index (χ1v) is 6.09. The van der Waals surface area contributed by atoms with Gasteiger partial charge in [-0.2, -0.15) is 5.26 Å². The van der Waals surface area contributed by atoms with E-state index >= 15 is 0 Å². The van der Waals surface area contributed by atoms with Crippen LogP contribution in [0.4, 0.5) is 0 Å². The summed E-state index contributed by atoms with van der Waals surface area (Å²) in [7, 11) is 0. The number of aryl methyl sites for hydroxylation is 1. The van der Waals surface area contributed by atoms with Crippen molar-refractivity contribution in [2.45, 2.75) is 26.4 Å². The number of rotatable bonds is 6. The van der Waals surface area contributed by atoms with Gasteiger partial charge < -0.3 is 15.2 Å². The highest BCUT2D eigenvalue weighted by Crippen LogP contribution is 2.26. The van der Waals surface area contributed by atoms with Crippen molar-refractivity contribution in [1.82, 2.24) is 5.32 Å². The molecule has 0 heterocycles. The molecule has 0 fully saturated rings. The molecule has 1 atom stereocenters. The van der Waals surface area contributed by atoms with E-state index in [2.05, 4.69) is 5.32 Å². The van der Waals surface area contributed by atoms with E-state index < -0.39 is 6.10 Å². The SMILES string of the molecule is Cc1ccc(OCC(=O)NCCC#N)c([C@H](C)O)c1. The van der Waals surface area contributed by atoms with E-state index in [1.165, 1.54) is 0 Å². The lowest BCUT2D eigenvalue weighted by Crippen LogP contribution is -2.29. The molecule has 2 N–H and O–H groups in total. The molecule has 1 rings (SSSR count). The molecule has 0 aliphatic rings. The van der Waals surface area contributed by atoms with Gasteiger partial charge in [0.05, 0.1) is 18.6 Å². The number of hydrogen-bond acceptors (Lipinski definition) is 4. The smallest absolute Gasteiger partial charge is 0.257 e. The zero-order valence-corrected chi connectivity index (χ0v) is 11.1. The molecule has 5 heteroatoms. The normalized spacial score (nSPS) is 11.5. The monoisotopic (exact) mass is 262 g/mol. The molecule has 0 unspecified atom stereocenters. The standard InChI is InChI=1S/C14H18N2O3/c1-10-4-5-13(12(8-10)11(2)17)19-9-14(18)16-7-3-6-15/h4-5,8,11,17H,3,7,9H2,1-2H3,(H,16,18)/t11-/m0/s1. The Kier molecular flexibility index (Phi) is 5.83. The Balaban J connectivity index is 2.58. The van der Waals surface area contributed by atoms with Crippen LogP contribution in [-0.2, 0) is 4.79 Å². The highest BCUT2D eigenvalue weighted by molar-refractivity contribution is 5.77. The number of carbonyl (C=O) groups is 1. The molecule has 1 aromatic rings. The third-order valence-electron chi connectivity index (χ3n) is 2.53. The summed E-state index contributed by atoms with van der Waals surface area (Å²) in [6, 6.07) is 7.36. The van der Waals surface area contributed by atoms with E-state index in [-0.39, 0.29) is 18.9 Å². The fourth-order valence-corrected chi connectivity index (χ4v) is 1.58. The van der Waals surface area contributed by atoms with Gasteiger partial charge in [0.25, 0.3) is 5.91 Å². The minimum absolute atomic E-state index is 0.131. The Morgan fingerprint density at radius 3 is 2.95 bits per heavy atom. The van der Waals surface area contributed by atoms with E-state index in [1.54, 1.807) is 13.0 Å². The van der Waals surface area contributed by atoms with Crippen molar-refractivity contribution < 1.29 is 14.6 Å². The first kappa shape index (κ1) is 15.0. The quantitative estimate of drug-likeness (QED) is 0.760. The number of hydrogen-bond donors (Lipinski definition) is 2. The Bertz CT molecular complexity index is 478. The third-order valence-corrected chi connectivity index (χ3v) is 2.53. The second-order valence-electron chi connectivity index (χ2n) is 4.26. The van der Waals surface area contributed by atoms with E-state index in [0.717, 1.165) is 5.56 Å². The van der Waals surface area contributed by atoms with Gasteiger partial charge in [-0.3, -0.25) is 4.79 Å². The summed E-state index contributed by atoms with van der Waals surface area (Å²) in [6.07, 6.45) is -0.383. The lowest BCUT2D eigenvalue weighted by molar-refractivity contribution is -0.123. The average molecular weight is 262 g/mol. The summed E-state index contributed by atoms with van der Waals surface area (Å²) in [6.45, 7) is 3.75. The molecule has 1 amide bonds. The Morgan fingerprint density at radius 1 is 1.58 bits per heavy atom. The number of aliphatic hydroxyl groups excluding tert-OH is 1. The Labute approximate surface area is 112 Å². The van der Waals surface area contributed by atoms with Crippen LogP contribution in [0.2, 0.25) is 0 Å². The van der Waals surface area contributed by atoms with Crippen LogP contribution in [0.1, 0.15) is 30.6 Å². The van der Waals surface area contributed by atoms with E-state index in [0.29, 0.717) is 17.9 Å². The Morgan fingerprint density at radius 2 is 2.32 bits per heavy atom. The average Bonchev–Trinajstić information content (AvgIpc) is 2.37. The topological polar surface area (TPSA) is 82.3 Å². The lowest BCUT2D eigenvalue weighted by Gasteiger charge is -2.14. The van der Waals surface area contributed by atoms with Crippen molar-refractivity contribution in [3.8, 4) is 11.8 Å². The molecule has 0 saturated carbocycles. The molecular weight excluding hydrogens is 244 g/mol. The minimum atomic E-state index is -0.656. The van der Waals surface area contributed by atoms with Gasteiger partial charge in [-0.15, -0.1) is 0 Å². The van der Waals surface area contributed by atoms with Gasteiger partial charge in [-0.1, -0.05) is 11.6 Å². The number of benzene rings is 1. The summed E-state index contributed by atoms with van der Waals surface area (Å²) in [4.78, 5) is 11.4. The zero-order chi connectivity index (χ0) is 14.3. The van der Waals surface area contributed by atoms with E-state index in [4.69, 9.17) is 10.00 Å². The molecule has 0 aliphatic heterocycles. The second-order valence-corrected chi connectivity index (χ2v) is 4.26. The van der Waals surface area contributed by atoms with Crippen molar-refractivity contribution in [2.75, 3.05) is 13.2 Å². The Hall–Kier alpha value is -2.06. The molecule has 0 aliphatic carbocycles. The lowest BCUT2D eigenvalue weighted by atomic mass is 10.1. The fourth-order valence-electron chi connectivity index (χ4n) is 1.58. The number of ether oxygens (including phenoxy) is 1. The van der Waals surface area contributed by atoms with Gasteiger partial charge in [0.15, 0.2) is 6.61 Å². The maximum atomic E-state index is 11.4. The summed E-state index contributed by atoms with van der Waals surface area (Å²) in [5.74, 6) is 0.211. The first-order chi connectivity index (χ1) is 9.04. The molecule has 1 aromatic carbocycles. The molecule has 0 radical (unpaired) electrons. The van der Waals surface area contributed by atoms with Crippen LogP contribution in [0.25, 0.3) is 0 Å². The predicted molar refractivity (Wildman–Crippen MR) is 70.5 cm³/mol. The van der Waals surface area contributed by atoms with Crippen molar-refractivity contribution >= 4 is 5.91 Å². The van der Waals surface area contributed by atoms with Crippen LogP contribution in [0, 0.1) is 18.3 Å². The minimum Gasteiger partial charge on any atom is -0.483 e. The predicted octanol–water partition coefficient (Wildman–Crippen LogP) is 1.46. The number of nitrogens with one attached hydrogen (secondary N) is 1. The van der Waals surface area contributed by atoms with Crippen molar-refractivity contribution in [2.24, 2.45) is 0 Å². The summed E-state index contributed by atoms with van der Waals surface area (Å²) in [5, 5.41) is 20.6. The van der Waals surface area contributed by atoms with Crippen LogP contribution in [-0.4, -0.2) is 24.2 Å². The second kappa shape index (κ2) is 7.39. The zero-order valence-electron chi connectivity index (χ0n) is 11.1. The van der Waals surface area contributed by atoms with Gasteiger partial charge in [0.1, 0.15) is 5.75 Å². The van der Waals surface area contributed by atoms with Crippen molar-refractivity contribution in [3.05, 3.63) is 29.3 Å². The highest BCUT2D eigenvalue weighted by atomic mass is 16.5. The maximum Gasteiger partial charge on any atom is 0.257 e. The van der Waals surface area contributed by atoms with Crippen molar-refractivity contribution in [1.29, 1.82) is 5.26 Å². The number of nitrogens with zero attached hydrogens (tertiary/aromatic N) is 1. The highest BCUT2D eigenvalue weighted by Gasteiger charge is 2.11. The van der Waals surface area contributed by atoms with Crippen LogP contribution in [0.15, 0.2) is 18.2 Å². The number of aliphatic hydroxyl groups is 1. The summed E-state index contributed by atoms with van der Waals surface area (Å²) < 4.78 is 5.39. The molecule has 19 heavy (non-hydrogen) atoms. The van der Waals surface area contributed by atoms with Crippen LogP contribution in [0.3, 0.4) is 0 Å². The van der Waals surface area contributed by atoms with Crippen LogP contribution >= 0.6 is 0 Å². The van der Waals surface area contributed by atoms with Gasteiger partial charge in [-0.05, 0) is 26.0 Å². The first-order valence-electron chi connectivity index (χ1n) is 6.09. The van der Waals surface area contributed by atoms with Crippen LogP contribution in [0.5, 0.6) is 5.75 Å². The molecular formula is C14H18N2O3. The summed E-state index contributed by atoms with van der Waals surface area (Å²) >= 11 is 0. The van der Waals surface area contributed by atoms with Gasteiger partial charge in [0, 0.05) is 12.1 Å². The molecule has 0 aromatic heterocycles. The van der Waals surface area contributed by atoms with E-state index in [9.17, 15) is 9.90 Å². The molecule has 0 bridgehead atoms. The number of nitriles is 1. The maximum absolute atomic E-state index is 11.4. The summed E-state index contributed by atoms with van der Waals surface area (Å²) in [5.41, 5.74) is 1.67. The van der Waals surface area contributed by atoms with Gasteiger partial charge in [0.2, 0.25) is 0 Å². The van der Waals surface area contributed by atoms with Crippen molar-refractivity contribution in [3.63, 3.8) is 0 Å². The largest absolute Gasteiger partial charge is 0.483 e. The van der Waals surface area contributed by atoms with E-state index in [1.807, 2.05) is 25.1 Å². The molecule has 0 saturated heterocycles. The van der Waals surface area contributed by atoms with Gasteiger partial charge >= 0.3 is 0 Å². The van der Waals surface area contributed by atoms with Gasteiger partial charge in [-0.25, -0.2) is 0 Å². The number of carbonyl (C=O) groups excluding carboxylic acids is 1. The molecule has 0 spiro atoms. The van der Waals surface area contributed by atoms with Crippen LogP contribution < -0.4 is 10.1 Å². The molecule has 5 nitrogen and oxygen atoms in total. The third kappa shape index (κ3) is 4.98. The molecule has 102 valence electrons. The number of amides is 1.